The van der Waals surface area contributed by atoms with Crippen LogP contribution in [-0.2, 0) is 18.3 Å². The van der Waals surface area contributed by atoms with Gasteiger partial charge in [-0.25, -0.2) is 14.2 Å². The van der Waals surface area contributed by atoms with Gasteiger partial charge in [0.05, 0.1) is 29.0 Å². The molecule has 0 fully saturated rings. The van der Waals surface area contributed by atoms with Gasteiger partial charge in [0.25, 0.3) is 17.0 Å². The number of amides is 1. The van der Waals surface area contributed by atoms with E-state index in [1.165, 1.54) is 54.1 Å². The monoisotopic (exact) mass is 896 g/mol. The molecule has 19 heteroatoms. The van der Waals surface area contributed by atoms with Crippen molar-refractivity contribution in [3.05, 3.63) is 114 Å². The number of halogens is 3. The van der Waals surface area contributed by atoms with Crippen LogP contribution in [0.2, 0.25) is 0 Å². The van der Waals surface area contributed by atoms with E-state index >= 15 is 4.39 Å². The summed E-state index contributed by atoms with van der Waals surface area (Å²) in [5, 5.41) is 45.0. The summed E-state index contributed by atoms with van der Waals surface area (Å²) >= 11 is 1.89. The number of fused-ring (bicyclic) bond motifs is 1. The second-order valence-corrected chi connectivity index (χ2v) is 14.4. The number of rotatable bonds is 12. The predicted octanol–water partition coefficient (Wildman–Crippen LogP) is 4.47. The fourth-order valence-electron chi connectivity index (χ4n) is 5.99. The summed E-state index contributed by atoms with van der Waals surface area (Å²) in [4.78, 5) is 56.4. The zero-order chi connectivity index (χ0) is 41.3. The van der Waals surface area contributed by atoms with Gasteiger partial charge in [-0.1, -0.05) is 13.8 Å². The molecular weight excluding hydrogens is 861 g/mol. The number of anilines is 2. The Hall–Kier alpha value is -6.22. The molecule has 0 saturated heterocycles. The standard InChI is InChI=1S/C38H35F2IN8O8/c1-5-42-35(53)34-46-45-32(24-13-23(18(2)3)27(51)14-28(24)52)49(34)21-9-6-19(7-10-21)38(56)57-16-22(50)15-48-17-43-33-29(36(48)54)31(30(40)37(55)47(33)4)44-26-11-8-20(41)12-25(26)39/h6-14,17-18,22,44,50-52H,5,15-16H2,1-4H3,(H,42,53)/t22-/m1/s1. The van der Waals surface area contributed by atoms with Crippen molar-refractivity contribution in [2.75, 3.05) is 18.5 Å². The lowest BCUT2D eigenvalue weighted by Crippen LogP contribution is -2.33. The molecule has 0 bridgehead atoms. The third-order valence-electron chi connectivity index (χ3n) is 8.87. The van der Waals surface area contributed by atoms with Gasteiger partial charge < -0.3 is 30.7 Å². The minimum absolute atomic E-state index is 0.0502. The molecule has 0 aliphatic heterocycles. The van der Waals surface area contributed by atoms with Crippen LogP contribution in [-0.4, -0.2) is 75.3 Å². The molecule has 0 unspecified atom stereocenters. The minimum atomic E-state index is -1.46. The number of aliphatic hydroxyl groups is 1. The van der Waals surface area contributed by atoms with Crippen LogP contribution in [0.5, 0.6) is 11.5 Å². The van der Waals surface area contributed by atoms with Gasteiger partial charge in [0, 0.05) is 28.9 Å². The van der Waals surface area contributed by atoms with Crippen molar-refractivity contribution in [1.82, 2.24) is 34.2 Å². The smallest absolute Gasteiger partial charge is 0.338 e. The number of esters is 1. The lowest BCUT2D eigenvalue weighted by Gasteiger charge is -2.16. The molecule has 0 radical (unpaired) electrons. The first-order chi connectivity index (χ1) is 27.1. The van der Waals surface area contributed by atoms with Gasteiger partial charge in [0.1, 0.15) is 41.7 Å². The summed E-state index contributed by atoms with van der Waals surface area (Å²) in [5.41, 5.74) is -1.86. The molecule has 6 aromatic rings. The highest BCUT2D eigenvalue weighted by atomic mass is 127. The number of hydrogen-bond acceptors (Lipinski definition) is 12. The van der Waals surface area contributed by atoms with E-state index in [9.17, 15) is 38.9 Å². The first-order valence-electron chi connectivity index (χ1n) is 17.4. The Bertz CT molecular complexity index is 2660. The number of pyridine rings is 1. The molecule has 16 nitrogen and oxygen atoms in total. The number of aromatic hydroxyl groups is 2. The van der Waals surface area contributed by atoms with Gasteiger partial charge in [0.2, 0.25) is 11.6 Å². The number of phenolic OH excluding ortho intramolecular Hbond substituents is 2. The van der Waals surface area contributed by atoms with Crippen molar-refractivity contribution >= 4 is 56.9 Å². The maximum absolute atomic E-state index is 15.3. The topological polar surface area (TPSA) is 216 Å². The van der Waals surface area contributed by atoms with Gasteiger partial charge >= 0.3 is 5.97 Å². The Morgan fingerprint density at radius 1 is 0.982 bits per heavy atom. The fourth-order valence-corrected chi connectivity index (χ4v) is 6.45. The van der Waals surface area contributed by atoms with Crippen molar-refractivity contribution in [1.29, 1.82) is 0 Å². The van der Waals surface area contributed by atoms with Crippen LogP contribution in [0.4, 0.5) is 20.2 Å². The van der Waals surface area contributed by atoms with Crippen LogP contribution >= 0.6 is 22.6 Å². The first-order valence-corrected chi connectivity index (χ1v) is 18.4. The van der Waals surface area contributed by atoms with Crippen LogP contribution in [0.3, 0.4) is 0 Å². The average molecular weight is 897 g/mol. The number of aromatic nitrogens is 6. The summed E-state index contributed by atoms with van der Waals surface area (Å²) in [6.45, 7) is 4.69. The summed E-state index contributed by atoms with van der Waals surface area (Å²) in [5.74, 6) is -4.08. The Morgan fingerprint density at radius 3 is 2.37 bits per heavy atom. The molecule has 0 spiro atoms. The highest BCUT2D eigenvalue weighted by Gasteiger charge is 2.26. The van der Waals surface area contributed by atoms with E-state index in [2.05, 4.69) is 25.8 Å². The number of hydrogen-bond donors (Lipinski definition) is 5. The molecule has 3 aromatic carbocycles. The number of carbonyl (C=O) groups is 2. The third-order valence-corrected chi connectivity index (χ3v) is 9.55. The number of nitrogens with one attached hydrogen (secondary N) is 2. The highest BCUT2D eigenvalue weighted by molar-refractivity contribution is 14.1. The molecule has 296 valence electrons. The Balaban J connectivity index is 1.23. The largest absolute Gasteiger partial charge is 0.508 e. The molecule has 5 N–H and O–H groups in total. The van der Waals surface area contributed by atoms with Crippen LogP contribution in [0.25, 0.3) is 28.1 Å². The first kappa shape index (κ1) is 40.4. The van der Waals surface area contributed by atoms with Crippen molar-refractivity contribution in [2.45, 2.75) is 39.3 Å². The number of nitrogens with zero attached hydrogens (tertiary/aromatic N) is 6. The average Bonchev–Trinajstić information content (AvgIpc) is 3.61. The van der Waals surface area contributed by atoms with Gasteiger partial charge in [-0.15, -0.1) is 10.2 Å². The predicted molar refractivity (Wildman–Crippen MR) is 212 cm³/mol. The van der Waals surface area contributed by atoms with Crippen molar-refractivity contribution in [2.24, 2.45) is 7.05 Å². The summed E-state index contributed by atoms with van der Waals surface area (Å²) in [6, 6.07) is 12.6. The Morgan fingerprint density at radius 2 is 1.70 bits per heavy atom. The quantitative estimate of drug-likeness (QED) is 0.0850. The molecule has 0 aliphatic carbocycles. The lowest BCUT2D eigenvalue weighted by molar-refractivity contribution is 0.0214. The number of phenols is 2. The third kappa shape index (κ3) is 8.05. The van der Waals surface area contributed by atoms with E-state index in [-0.39, 0.29) is 56.9 Å². The lowest BCUT2D eigenvalue weighted by atomic mass is 9.98. The van der Waals surface area contributed by atoms with E-state index in [0.29, 0.717) is 21.4 Å². The normalized spacial score (nSPS) is 11.9. The van der Waals surface area contributed by atoms with Crippen LogP contribution < -0.4 is 21.8 Å². The van der Waals surface area contributed by atoms with Gasteiger partial charge in [0.15, 0.2) is 11.5 Å². The van der Waals surface area contributed by atoms with Crippen LogP contribution in [0, 0.1) is 15.2 Å². The van der Waals surface area contributed by atoms with E-state index < -0.39 is 59.6 Å². The Labute approximate surface area is 335 Å². The minimum Gasteiger partial charge on any atom is -0.508 e. The molecule has 0 aliphatic rings. The summed E-state index contributed by atoms with van der Waals surface area (Å²) in [7, 11) is 1.22. The number of aryl methyl sites for hydroxylation is 1. The van der Waals surface area contributed by atoms with Crippen molar-refractivity contribution in [3.8, 4) is 28.6 Å². The fraction of sp³-hybridized carbons (Fsp3) is 0.237. The SMILES string of the molecule is CCNC(=O)c1nnc(-c2cc(C(C)C)c(O)cc2O)n1-c1ccc(C(=O)OC[C@H](O)Cn2cnc3c(c(Nc4ccc(I)cc4F)c(F)c(=O)n3C)c2=O)cc1. The number of ether oxygens (including phenoxy) is 1. The molecular formula is C38H35F2IN8O8. The van der Waals surface area contributed by atoms with Gasteiger partial charge in [-0.05, 0) is 89.5 Å². The summed E-state index contributed by atoms with van der Waals surface area (Å²) in [6.07, 6.45) is -0.419. The highest BCUT2D eigenvalue weighted by Crippen LogP contribution is 2.38. The molecule has 57 heavy (non-hydrogen) atoms. The molecule has 1 amide bonds. The zero-order valence-corrected chi connectivity index (χ0v) is 32.9. The second kappa shape index (κ2) is 16.5. The maximum Gasteiger partial charge on any atom is 0.338 e. The maximum atomic E-state index is 15.3. The van der Waals surface area contributed by atoms with Crippen LogP contribution in [0.1, 0.15) is 53.2 Å². The molecule has 3 aromatic heterocycles. The summed E-state index contributed by atoms with van der Waals surface area (Å²) < 4.78 is 39.1. The molecule has 1 atom stereocenters. The van der Waals surface area contributed by atoms with E-state index in [4.69, 9.17) is 4.74 Å². The van der Waals surface area contributed by atoms with Gasteiger partial charge in [-0.3, -0.25) is 28.1 Å². The van der Waals surface area contributed by atoms with E-state index in [1.807, 2.05) is 36.4 Å². The molecule has 3 heterocycles. The zero-order valence-electron chi connectivity index (χ0n) is 30.7. The molecule has 6 rings (SSSR count). The number of aliphatic hydroxyl groups excluding tert-OH is 1. The van der Waals surface area contributed by atoms with Crippen molar-refractivity contribution in [3.63, 3.8) is 0 Å². The van der Waals surface area contributed by atoms with Gasteiger partial charge in [-0.2, -0.15) is 4.39 Å². The molecule has 0 saturated carbocycles. The Kier molecular flexibility index (Phi) is 11.7. The number of benzene rings is 3. The van der Waals surface area contributed by atoms with E-state index in [1.54, 1.807) is 19.1 Å². The van der Waals surface area contributed by atoms with Crippen LogP contribution in [0.15, 0.2) is 70.5 Å². The van der Waals surface area contributed by atoms with E-state index in [0.717, 1.165) is 15.5 Å². The second-order valence-electron chi connectivity index (χ2n) is 13.1. The van der Waals surface area contributed by atoms with Crippen molar-refractivity contribution < 1.29 is 38.4 Å². The number of carbonyl (C=O) groups excluding carboxylic acids is 2.